The summed E-state index contributed by atoms with van der Waals surface area (Å²) in [6, 6.07) is 10.4. The van der Waals surface area contributed by atoms with Crippen molar-refractivity contribution in [1.29, 1.82) is 5.26 Å². The SMILES string of the molecule is CC(C)(C)c1csc(-c2cc3cc(Cc4nc(CC#N)cs4)ccc3o2)n1. The van der Waals surface area contributed by atoms with Crippen LogP contribution in [0.5, 0.6) is 0 Å². The third-order valence-electron chi connectivity index (χ3n) is 4.28. The molecular formula is C21H19N3OS2. The number of thiazole rings is 2. The highest BCUT2D eigenvalue weighted by Crippen LogP contribution is 2.33. The molecule has 0 radical (unpaired) electrons. The van der Waals surface area contributed by atoms with Crippen molar-refractivity contribution in [2.24, 2.45) is 0 Å². The van der Waals surface area contributed by atoms with Crippen molar-refractivity contribution in [2.75, 3.05) is 0 Å². The molecule has 0 unspecified atom stereocenters. The van der Waals surface area contributed by atoms with E-state index >= 15 is 0 Å². The van der Waals surface area contributed by atoms with Crippen LogP contribution in [-0.4, -0.2) is 9.97 Å². The molecule has 3 heterocycles. The Bertz CT molecular complexity index is 1140. The van der Waals surface area contributed by atoms with Gasteiger partial charge in [-0.3, -0.25) is 0 Å². The number of fused-ring (bicyclic) bond motifs is 1. The predicted octanol–water partition coefficient (Wildman–Crippen LogP) is 5.97. The molecule has 0 spiro atoms. The molecule has 0 saturated carbocycles. The maximum absolute atomic E-state index is 8.78. The molecule has 4 rings (SSSR count). The van der Waals surface area contributed by atoms with Gasteiger partial charge in [-0.25, -0.2) is 9.97 Å². The molecule has 27 heavy (non-hydrogen) atoms. The summed E-state index contributed by atoms with van der Waals surface area (Å²) in [6.07, 6.45) is 1.13. The first kappa shape index (κ1) is 17.9. The summed E-state index contributed by atoms with van der Waals surface area (Å²) < 4.78 is 6.02. The normalized spacial score (nSPS) is 11.8. The van der Waals surface area contributed by atoms with Gasteiger partial charge in [-0.05, 0) is 23.8 Å². The summed E-state index contributed by atoms with van der Waals surface area (Å²) >= 11 is 3.22. The fourth-order valence-electron chi connectivity index (χ4n) is 2.81. The van der Waals surface area contributed by atoms with Crippen LogP contribution >= 0.6 is 22.7 Å². The van der Waals surface area contributed by atoms with E-state index in [0.29, 0.717) is 6.42 Å². The van der Waals surface area contributed by atoms with Crippen LogP contribution in [0.2, 0.25) is 0 Å². The van der Waals surface area contributed by atoms with Gasteiger partial charge in [0.05, 0.1) is 28.9 Å². The summed E-state index contributed by atoms with van der Waals surface area (Å²) in [5.41, 5.74) is 4.02. The molecule has 0 atom stereocenters. The summed E-state index contributed by atoms with van der Waals surface area (Å²) in [5.74, 6) is 0.813. The molecule has 0 aliphatic carbocycles. The number of hydrogen-bond donors (Lipinski definition) is 0. The lowest BCUT2D eigenvalue weighted by atomic mass is 9.93. The lowest BCUT2D eigenvalue weighted by Gasteiger charge is -2.13. The van der Waals surface area contributed by atoms with Gasteiger partial charge in [0.25, 0.3) is 0 Å². The average molecular weight is 394 g/mol. The third kappa shape index (κ3) is 3.80. The number of aromatic nitrogens is 2. The van der Waals surface area contributed by atoms with Gasteiger partial charge < -0.3 is 4.42 Å². The van der Waals surface area contributed by atoms with Crippen LogP contribution in [0.4, 0.5) is 0 Å². The fourth-order valence-corrected chi connectivity index (χ4v) is 4.63. The quantitative estimate of drug-likeness (QED) is 0.429. The Kier molecular flexibility index (Phi) is 4.58. The van der Waals surface area contributed by atoms with Crippen molar-refractivity contribution in [1.82, 2.24) is 9.97 Å². The number of benzene rings is 1. The first-order chi connectivity index (χ1) is 12.9. The van der Waals surface area contributed by atoms with Crippen molar-refractivity contribution in [3.05, 3.63) is 57.0 Å². The van der Waals surface area contributed by atoms with E-state index in [9.17, 15) is 0 Å². The Morgan fingerprint density at radius 1 is 1.11 bits per heavy atom. The molecule has 0 bridgehead atoms. The van der Waals surface area contributed by atoms with E-state index in [1.807, 2.05) is 11.4 Å². The van der Waals surface area contributed by atoms with E-state index in [0.717, 1.165) is 44.6 Å². The van der Waals surface area contributed by atoms with E-state index in [2.05, 4.69) is 55.4 Å². The van der Waals surface area contributed by atoms with Crippen molar-refractivity contribution >= 4 is 33.6 Å². The van der Waals surface area contributed by atoms with Crippen LogP contribution in [-0.2, 0) is 18.3 Å². The van der Waals surface area contributed by atoms with Crippen LogP contribution in [0.3, 0.4) is 0 Å². The summed E-state index contributed by atoms with van der Waals surface area (Å²) in [4.78, 5) is 9.27. The number of nitrogens with zero attached hydrogens (tertiary/aromatic N) is 3. The first-order valence-electron chi connectivity index (χ1n) is 8.71. The van der Waals surface area contributed by atoms with Gasteiger partial charge in [0, 0.05) is 28.0 Å². The third-order valence-corrected chi connectivity index (χ3v) is 6.03. The Hall–Kier alpha value is -2.49. The number of nitriles is 1. The standard InChI is InChI=1S/C21H19N3OS2/c1-21(2,3)18-12-27-20(24-18)17-10-14-8-13(4-5-16(14)25-17)9-19-23-15(6-7-22)11-26-19/h4-5,8,10-12H,6,9H2,1-3H3. The van der Waals surface area contributed by atoms with Gasteiger partial charge in [0.1, 0.15) is 5.58 Å². The minimum absolute atomic E-state index is 0.0338. The average Bonchev–Trinajstić information content (AvgIpc) is 3.32. The van der Waals surface area contributed by atoms with Gasteiger partial charge in [-0.2, -0.15) is 5.26 Å². The molecule has 6 heteroatoms. The Labute approximate surface area is 166 Å². The largest absolute Gasteiger partial charge is 0.454 e. The minimum Gasteiger partial charge on any atom is -0.454 e. The van der Waals surface area contributed by atoms with Crippen molar-refractivity contribution in [3.63, 3.8) is 0 Å². The molecule has 1 aromatic carbocycles. The first-order valence-corrected chi connectivity index (χ1v) is 10.5. The minimum atomic E-state index is 0.0338. The fraction of sp³-hybridized carbons (Fsp3) is 0.286. The zero-order chi connectivity index (χ0) is 19.0. The van der Waals surface area contributed by atoms with Crippen molar-refractivity contribution < 1.29 is 4.42 Å². The van der Waals surface area contributed by atoms with Crippen LogP contribution in [0.15, 0.2) is 39.4 Å². The number of furan rings is 1. The molecular weight excluding hydrogens is 374 g/mol. The van der Waals surface area contributed by atoms with Gasteiger partial charge in [-0.15, -0.1) is 22.7 Å². The van der Waals surface area contributed by atoms with E-state index in [1.165, 1.54) is 5.56 Å². The molecule has 3 aromatic heterocycles. The van der Waals surface area contributed by atoms with Gasteiger partial charge in [-0.1, -0.05) is 26.8 Å². The topological polar surface area (TPSA) is 62.7 Å². The van der Waals surface area contributed by atoms with E-state index < -0.39 is 0 Å². The summed E-state index contributed by atoms with van der Waals surface area (Å²) in [6.45, 7) is 6.49. The summed E-state index contributed by atoms with van der Waals surface area (Å²) in [5, 5.41) is 15.9. The van der Waals surface area contributed by atoms with E-state index in [1.54, 1.807) is 22.7 Å². The zero-order valence-electron chi connectivity index (χ0n) is 15.4. The second kappa shape index (κ2) is 6.91. The maximum atomic E-state index is 8.78. The van der Waals surface area contributed by atoms with Gasteiger partial charge >= 0.3 is 0 Å². The molecule has 0 amide bonds. The lowest BCUT2D eigenvalue weighted by molar-refractivity contribution is 0.571. The smallest absolute Gasteiger partial charge is 0.164 e. The lowest BCUT2D eigenvalue weighted by Crippen LogP contribution is -2.11. The van der Waals surface area contributed by atoms with Gasteiger partial charge in [0.2, 0.25) is 0 Å². The highest BCUT2D eigenvalue weighted by atomic mass is 32.1. The Morgan fingerprint density at radius 3 is 2.70 bits per heavy atom. The van der Waals surface area contributed by atoms with Crippen LogP contribution in [0.1, 0.15) is 42.7 Å². The van der Waals surface area contributed by atoms with Crippen molar-refractivity contribution in [3.8, 4) is 16.8 Å². The second-order valence-corrected chi connectivity index (χ2v) is 9.32. The van der Waals surface area contributed by atoms with Crippen LogP contribution < -0.4 is 0 Å². The predicted molar refractivity (Wildman–Crippen MR) is 110 cm³/mol. The highest BCUT2D eigenvalue weighted by Gasteiger charge is 2.19. The van der Waals surface area contributed by atoms with Crippen LogP contribution in [0, 0.1) is 11.3 Å². The zero-order valence-corrected chi connectivity index (χ0v) is 17.1. The second-order valence-electron chi connectivity index (χ2n) is 7.51. The molecule has 136 valence electrons. The van der Waals surface area contributed by atoms with Gasteiger partial charge in [0.15, 0.2) is 10.8 Å². The molecule has 0 N–H and O–H groups in total. The molecule has 0 saturated heterocycles. The summed E-state index contributed by atoms with van der Waals surface area (Å²) in [7, 11) is 0. The van der Waals surface area contributed by atoms with Crippen LogP contribution in [0.25, 0.3) is 21.7 Å². The number of rotatable bonds is 4. The maximum Gasteiger partial charge on any atom is 0.164 e. The molecule has 4 nitrogen and oxygen atoms in total. The van der Waals surface area contributed by atoms with E-state index in [-0.39, 0.29) is 5.41 Å². The van der Waals surface area contributed by atoms with E-state index in [4.69, 9.17) is 14.7 Å². The highest BCUT2D eigenvalue weighted by molar-refractivity contribution is 7.13. The molecule has 0 aliphatic heterocycles. The van der Waals surface area contributed by atoms with Crippen molar-refractivity contribution in [2.45, 2.75) is 39.0 Å². The molecule has 0 fully saturated rings. The molecule has 4 aromatic rings. The Morgan fingerprint density at radius 2 is 1.96 bits per heavy atom. The number of hydrogen-bond acceptors (Lipinski definition) is 6. The monoisotopic (exact) mass is 393 g/mol. The Balaban J connectivity index is 1.60. The molecule has 0 aliphatic rings.